The van der Waals surface area contributed by atoms with Crippen molar-refractivity contribution in [3.05, 3.63) is 66.8 Å². The predicted molar refractivity (Wildman–Crippen MR) is 369 cm³/mol. The molecule has 15 atom stereocenters. The van der Waals surface area contributed by atoms with Crippen LogP contribution in [0.25, 0.3) is 0 Å². The fourth-order valence-electron chi connectivity index (χ4n) is 10.7. The lowest BCUT2D eigenvalue weighted by molar-refractivity contribution is -0.142. The van der Waals surface area contributed by atoms with Crippen molar-refractivity contribution in [1.82, 2.24) is 68.5 Å². The molecule has 2 aliphatic rings. The molecule has 3 heterocycles. The van der Waals surface area contributed by atoms with Crippen molar-refractivity contribution in [1.29, 1.82) is 0 Å². The third-order valence-corrected chi connectivity index (χ3v) is 18.3. The van der Waals surface area contributed by atoms with E-state index >= 15 is 0 Å². The Morgan fingerprint density at radius 3 is 1.91 bits per heavy atom. The number of aromatic nitrogens is 2. The molecule has 0 spiro atoms. The number of nitrogens with zero attached hydrogens (tertiary/aromatic N) is 2. The van der Waals surface area contributed by atoms with E-state index in [4.69, 9.17) is 17.2 Å². The number of hydrogen-bond donors (Lipinski definition) is 17. The number of H-pyrrole nitrogens is 1. The molecular weight excluding hydrogens is 1320 g/mol. The number of benzene rings is 1. The number of carboxylic acids is 2. The molecular formula is C66H101N17O16S. The van der Waals surface area contributed by atoms with Gasteiger partial charge in [0, 0.05) is 49.4 Å². The average Bonchev–Trinajstić information content (AvgIpc) is 1.41. The zero-order chi connectivity index (χ0) is 74.3. The summed E-state index contributed by atoms with van der Waals surface area (Å²) >= 11 is 1.34. The van der Waals surface area contributed by atoms with Crippen LogP contribution in [0.3, 0.4) is 0 Å². The van der Waals surface area contributed by atoms with Crippen molar-refractivity contribution in [3.8, 4) is 0 Å². The summed E-state index contributed by atoms with van der Waals surface area (Å²) < 4.78 is 0. The van der Waals surface area contributed by atoms with E-state index in [9.17, 15) is 77.3 Å². The van der Waals surface area contributed by atoms with Crippen LogP contribution >= 0.6 is 11.8 Å². The lowest BCUT2D eigenvalue weighted by atomic mass is 9.96. The second-order valence-electron chi connectivity index (χ2n) is 25.7. The summed E-state index contributed by atoms with van der Waals surface area (Å²) in [5, 5.41) is 48.8. The zero-order valence-corrected chi connectivity index (χ0v) is 58.5. The highest BCUT2D eigenvalue weighted by Gasteiger charge is 2.40. The molecule has 1 aromatic heterocycles. The molecule has 1 fully saturated rings. The number of carbonyl (C=O) groups is 14. The van der Waals surface area contributed by atoms with Crippen LogP contribution in [0.4, 0.5) is 0 Å². The van der Waals surface area contributed by atoms with E-state index < -0.39 is 193 Å². The maximum atomic E-state index is 14.9. The van der Waals surface area contributed by atoms with Crippen LogP contribution in [0.15, 0.2) is 60.5 Å². The fourth-order valence-corrected chi connectivity index (χ4v) is 11.9. The van der Waals surface area contributed by atoms with Gasteiger partial charge >= 0.3 is 11.9 Å². The molecule has 1 aromatic carbocycles. The van der Waals surface area contributed by atoms with Gasteiger partial charge in [0.1, 0.15) is 66.5 Å². The second-order valence-corrected chi connectivity index (χ2v) is 26.7. The summed E-state index contributed by atoms with van der Waals surface area (Å²) in [6, 6.07) is -8.63. The number of nitrogens with two attached hydrogens (primary N) is 3. The third-order valence-electron chi connectivity index (χ3n) is 17.2. The van der Waals surface area contributed by atoms with Gasteiger partial charge in [0.25, 0.3) is 0 Å². The zero-order valence-electron chi connectivity index (χ0n) is 57.7. The van der Waals surface area contributed by atoms with E-state index in [0.717, 1.165) is 6.42 Å². The van der Waals surface area contributed by atoms with Gasteiger partial charge in [0.2, 0.25) is 70.9 Å². The minimum atomic E-state index is -1.95. The normalized spacial score (nSPS) is 23.1. The Hall–Kier alpha value is -9.31. The number of carbonyl (C=O) groups excluding carboxylic acids is 12. The number of imidazole rings is 1. The summed E-state index contributed by atoms with van der Waals surface area (Å²) in [6.07, 6.45) is 1.26. The summed E-state index contributed by atoms with van der Waals surface area (Å²) in [7, 11) is 0. The van der Waals surface area contributed by atoms with Crippen LogP contribution in [-0.4, -0.2) is 199 Å². The maximum absolute atomic E-state index is 14.9. The van der Waals surface area contributed by atoms with Gasteiger partial charge in [-0.25, -0.2) is 4.98 Å². The van der Waals surface area contributed by atoms with E-state index in [-0.39, 0.29) is 94.2 Å². The van der Waals surface area contributed by atoms with Crippen molar-refractivity contribution in [2.24, 2.45) is 45.9 Å². The van der Waals surface area contributed by atoms with Gasteiger partial charge in [-0.05, 0) is 74.8 Å². The highest BCUT2D eigenvalue weighted by Crippen LogP contribution is 2.25. The number of amides is 12. The van der Waals surface area contributed by atoms with Crippen molar-refractivity contribution in [3.63, 3.8) is 0 Å². The van der Waals surface area contributed by atoms with E-state index in [1.165, 1.54) is 37.3 Å². The average molecular weight is 1420 g/mol. The number of hydrogen-bond acceptors (Lipinski definition) is 19. The van der Waals surface area contributed by atoms with Crippen molar-refractivity contribution in [2.75, 3.05) is 18.8 Å². The standard InChI is InChI=1S/C66H101N17O16S/c1-9-35(6)52(69)66-81-48(32-100-66)63(97)76-43(26-34(4)5)59(93)74-42(22-23-50(85)86)58(92)83-53(36(7)10-2)64(98)75-40-20-15-16-25-71-55(89)46(29-49(68)84)78-62(96)47(30-51(87)88)79-61(95)45(28-39-31-70-33-72-39)77-60(94)44(27-38-18-13-12-14-19-38)80-65(99)54(37(8)11-3)82-57(91)41(21-17-24-67)73-56(40)90/h10,12-14,18-19,31,33-37,40-48,52-54H,2,9,11,15-17,20-30,32,67,69H2,1,3-8H3,(H2,68,84)(H,70,72)(H,71,89)(H,73,90)(H,74,93)(H,75,98)(H,76,97)(H,77,94)(H,78,96)(H,79,95)(H,80,99)(H,82,91)(H,83,92)(H,85,86)(H,87,88)/t35-,36-,37-,40-,41+,42+,43-,44+,45-,46-,47+,48-,52-,53-,54-/m0/s1. The summed E-state index contributed by atoms with van der Waals surface area (Å²) in [6.45, 7) is 16.0. The Kier molecular flexibility index (Phi) is 34.9. The smallest absolute Gasteiger partial charge is 0.305 e. The molecule has 0 saturated carbocycles. The SMILES string of the molecule is C=C[C@H](C)[C@H](NC(=O)[C@@H](CCC(=O)O)NC(=O)[C@H](CC(C)C)NC(=O)[C@@H]1CSC([C@@H](N)[C@@H](C)CC)=N1)C(=O)N[C@H]1CCCCNC(=O)[C@H](CC(N)=O)NC(=O)[C@@H](CC(=O)O)NC(=O)[C@H](Cc2cnc[nH]2)NC(=O)[C@@H](Cc2ccccc2)NC(=O)[C@H]([C@@H](C)CC)NC(=O)[C@@H](CCCN)NC1=O. The summed E-state index contributed by atoms with van der Waals surface area (Å²) in [5.74, 6) is -15.9. The molecule has 100 heavy (non-hydrogen) atoms. The molecule has 34 heteroatoms. The van der Waals surface area contributed by atoms with Gasteiger partial charge in [-0.1, -0.05) is 97.7 Å². The molecule has 1 saturated heterocycles. The largest absolute Gasteiger partial charge is 0.481 e. The van der Waals surface area contributed by atoms with Crippen LogP contribution in [0, 0.1) is 23.7 Å². The Balaban J connectivity index is 1.77. The van der Waals surface area contributed by atoms with Crippen LogP contribution in [0.5, 0.6) is 0 Å². The molecule has 552 valence electrons. The number of rotatable bonds is 31. The van der Waals surface area contributed by atoms with Crippen LogP contribution in [0.1, 0.15) is 137 Å². The molecule has 4 rings (SSSR count). The van der Waals surface area contributed by atoms with Gasteiger partial charge < -0.3 is 90.9 Å². The van der Waals surface area contributed by atoms with Gasteiger partial charge in [-0.3, -0.25) is 72.1 Å². The highest BCUT2D eigenvalue weighted by atomic mass is 32.2. The first-order valence-corrected chi connectivity index (χ1v) is 34.7. The number of carboxylic acid groups (broad SMARTS) is 2. The molecule has 12 amide bonds. The monoisotopic (exact) mass is 1420 g/mol. The lowest BCUT2D eigenvalue weighted by Gasteiger charge is -2.30. The number of aliphatic carboxylic acids is 2. The van der Waals surface area contributed by atoms with Crippen molar-refractivity contribution < 1.29 is 77.3 Å². The third kappa shape index (κ3) is 27.4. The number of primary amides is 1. The van der Waals surface area contributed by atoms with Crippen LogP contribution in [0.2, 0.25) is 0 Å². The molecule has 0 bridgehead atoms. The Labute approximate surface area is 585 Å². The first-order chi connectivity index (χ1) is 47.4. The van der Waals surface area contributed by atoms with Gasteiger partial charge in [0.05, 0.1) is 30.3 Å². The molecule has 2 aliphatic heterocycles. The molecule has 0 aliphatic carbocycles. The molecule has 0 radical (unpaired) electrons. The van der Waals surface area contributed by atoms with Crippen molar-refractivity contribution in [2.45, 2.75) is 211 Å². The quantitative estimate of drug-likeness (QED) is 0.0367. The van der Waals surface area contributed by atoms with Gasteiger partial charge in [0.15, 0.2) is 0 Å². The number of thioether (sulfide) groups is 1. The number of aromatic amines is 1. The number of nitrogens with one attached hydrogen (secondary N) is 12. The Bertz CT molecular complexity index is 3190. The Morgan fingerprint density at radius 2 is 1.32 bits per heavy atom. The minimum absolute atomic E-state index is 0.00449. The highest BCUT2D eigenvalue weighted by molar-refractivity contribution is 8.14. The first-order valence-electron chi connectivity index (χ1n) is 33.7. The van der Waals surface area contributed by atoms with E-state index in [2.05, 4.69) is 80.0 Å². The molecule has 2 aromatic rings. The first kappa shape index (κ1) is 83.1. The maximum Gasteiger partial charge on any atom is 0.305 e. The van der Waals surface area contributed by atoms with E-state index in [0.29, 0.717) is 10.6 Å². The van der Waals surface area contributed by atoms with Gasteiger partial charge in [-0.15, -0.1) is 18.3 Å². The van der Waals surface area contributed by atoms with Gasteiger partial charge in [-0.2, -0.15) is 0 Å². The second kappa shape index (κ2) is 41.9. The fraction of sp³-hybridized carbons (Fsp3) is 0.606. The molecule has 0 unspecified atom stereocenters. The molecule has 33 nitrogen and oxygen atoms in total. The predicted octanol–water partition coefficient (Wildman–Crippen LogP) is -1.90. The van der Waals surface area contributed by atoms with E-state index in [1.807, 2.05) is 13.8 Å². The van der Waals surface area contributed by atoms with Crippen LogP contribution < -0.4 is 75.7 Å². The minimum Gasteiger partial charge on any atom is -0.481 e. The topological polar surface area (TPSA) is 531 Å². The van der Waals surface area contributed by atoms with Crippen LogP contribution in [-0.2, 0) is 80.0 Å². The summed E-state index contributed by atoms with van der Waals surface area (Å²) in [5.41, 5.74) is 18.7. The Morgan fingerprint density at radius 1 is 0.710 bits per heavy atom. The lowest BCUT2D eigenvalue weighted by Crippen LogP contribution is -2.62. The van der Waals surface area contributed by atoms with E-state index in [1.54, 1.807) is 58.0 Å². The number of aliphatic imine (C=N–C) groups is 1. The van der Waals surface area contributed by atoms with Crippen molar-refractivity contribution >= 4 is 99.6 Å². The summed E-state index contributed by atoms with van der Waals surface area (Å²) in [4.78, 5) is 206. The molecule has 20 N–H and O–H groups in total.